The fourth-order valence-corrected chi connectivity index (χ4v) is 4.85. The van der Waals surface area contributed by atoms with Crippen molar-refractivity contribution in [2.45, 2.75) is 29.5 Å². The van der Waals surface area contributed by atoms with Crippen LogP contribution in [0.2, 0.25) is 0 Å². The van der Waals surface area contributed by atoms with Crippen LogP contribution in [0.15, 0.2) is 23.6 Å². The molecule has 108 valence electrons. The molecule has 0 amide bonds. The highest BCUT2D eigenvalue weighted by molar-refractivity contribution is 7.92. The summed E-state index contributed by atoms with van der Waals surface area (Å²) in [6.07, 6.45) is 6.70. The van der Waals surface area contributed by atoms with E-state index in [2.05, 4.69) is 14.7 Å². The number of nitrogens with two attached hydrogens (primary N) is 1. The number of rotatable bonds is 6. The smallest absolute Gasteiger partial charge is 0.187 e. The van der Waals surface area contributed by atoms with E-state index in [9.17, 15) is 8.42 Å². The van der Waals surface area contributed by atoms with Gasteiger partial charge in [0.15, 0.2) is 15.7 Å². The van der Waals surface area contributed by atoms with Crippen LogP contribution in [0.3, 0.4) is 0 Å². The lowest BCUT2D eigenvalue weighted by atomic mass is 10.5. The first-order valence-corrected chi connectivity index (χ1v) is 8.59. The van der Waals surface area contributed by atoms with E-state index >= 15 is 0 Å². The number of nitrogens with one attached hydrogen (secondary N) is 1. The van der Waals surface area contributed by atoms with Crippen molar-refractivity contribution in [3.8, 4) is 0 Å². The van der Waals surface area contributed by atoms with Crippen LogP contribution in [0.25, 0.3) is 0 Å². The summed E-state index contributed by atoms with van der Waals surface area (Å²) in [6, 6.07) is 0. The van der Waals surface area contributed by atoms with Crippen molar-refractivity contribution in [1.29, 1.82) is 0 Å². The number of imidazole rings is 1. The number of hydrogen-bond acceptors (Lipinski definition) is 7. The van der Waals surface area contributed by atoms with Crippen molar-refractivity contribution in [1.82, 2.24) is 13.9 Å². The predicted molar refractivity (Wildman–Crippen MR) is 77.5 cm³/mol. The van der Waals surface area contributed by atoms with Crippen LogP contribution in [0.4, 0.5) is 10.8 Å². The van der Waals surface area contributed by atoms with Gasteiger partial charge in [0.05, 0.1) is 11.6 Å². The Morgan fingerprint density at radius 3 is 2.95 bits per heavy atom. The second-order valence-electron chi connectivity index (χ2n) is 4.70. The summed E-state index contributed by atoms with van der Waals surface area (Å²) in [6.45, 7) is 1.28. The maximum absolute atomic E-state index is 12.3. The van der Waals surface area contributed by atoms with Crippen molar-refractivity contribution in [2.75, 3.05) is 17.6 Å². The Bertz CT molecular complexity index is 688. The maximum Gasteiger partial charge on any atom is 0.187 e. The number of hydrogen-bond donors (Lipinski definition) is 2. The summed E-state index contributed by atoms with van der Waals surface area (Å²) in [5, 5.41) is 3.36. The van der Waals surface area contributed by atoms with Gasteiger partial charge in [0.25, 0.3) is 0 Å². The first kappa shape index (κ1) is 13.4. The quantitative estimate of drug-likeness (QED) is 0.823. The molecular weight excluding hydrogens is 298 g/mol. The summed E-state index contributed by atoms with van der Waals surface area (Å²) < 4.78 is 30.5. The lowest BCUT2D eigenvalue weighted by molar-refractivity contribution is 0.595. The third-order valence-corrected chi connectivity index (χ3v) is 6.42. The summed E-state index contributed by atoms with van der Waals surface area (Å²) in [4.78, 5) is 4.13. The van der Waals surface area contributed by atoms with E-state index in [1.807, 2.05) is 10.8 Å². The van der Waals surface area contributed by atoms with E-state index in [0.717, 1.165) is 11.5 Å². The van der Waals surface area contributed by atoms with Gasteiger partial charge in [-0.05, 0) is 24.4 Å². The lowest BCUT2D eigenvalue weighted by Gasteiger charge is -2.08. The van der Waals surface area contributed by atoms with E-state index in [0.29, 0.717) is 30.9 Å². The number of aromatic nitrogens is 3. The number of nitrogen functional groups attached to an aromatic ring is 1. The van der Waals surface area contributed by atoms with Crippen LogP contribution in [-0.4, -0.2) is 34.1 Å². The van der Waals surface area contributed by atoms with Gasteiger partial charge in [-0.15, -0.1) is 0 Å². The Kier molecular flexibility index (Phi) is 3.38. The Balaban J connectivity index is 1.74. The molecule has 2 heterocycles. The number of anilines is 2. The lowest BCUT2D eigenvalue weighted by Crippen LogP contribution is -2.14. The Morgan fingerprint density at radius 2 is 2.30 bits per heavy atom. The van der Waals surface area contributed by atoms with Gasteiger partial charge in [-0.2, -0.15) is 4.37 Å². The molecule has 3 rings (SSSR count). The Morgan fingerprint density at radius 1 is 1.50 bits per heavy atom. The third kappa shape index (κ3) is 2.50. The molecule has 9 heteroatoms. The van der Waals surface area contributed by atoms with Crippen LogP contribution in [0.1, 0.15) is 12.8 Å². The fourth-order valence-electron chi connectivity index (χ4n) is 1.94. The van der Waals surface area contributed by atoms with Crippen molar-refractivity contribution in [3.05, 3.63) is 18.7 Å². The zero-order valence-electron chi connectivity index (χ0n) is 10.7. The van der Waals surface area contributed by atoms with Crippen LogP contribution in [0.5, 0.6) is 0 Å². The van der Waals surface area contributed by atoms with Crippen LogP contribution in [0, 0.1) is 0 Å². The molecule has 2 aromatic rings. The molecule has 1 saturated carbocycles. The molecule has 1 aliphatic carbocycles. The van der Waals surface area contributed by atoms with E-state index < -0.39 is 9.84 Å². The highest BCUT2D eigenvalue weighted by Crippen LogP contribution is 2.40. The highest BCUT2D eigenvalue weighted by atomic mass is 32.2. The first-order valence-electron chi connectivity index (χ1n) is 6.27. The number of nitrogens with zero attached hydrogens (tertiary/aromatic N) is 3. The van der Waals surface area contributed by atoms with Crippen molar-refractivity contribution < 1.29 is 8.42 Å². The van der Waals surface area contributed by atoms with E-state index in [1.165, 1.54) is 0 Å². The third-order valence-electron chi connectivity index (χ3n) is 3.14. The molecular formula is C11H15N5O2S2. The summed E-state index contributed by atoms with van der Waals surface area (Å²) in [5.41, 5.74) is 5.72. The average molecular weight is 313 g/mol. The number of sulfone groups is 1. The average Bonchev–Trinajstić information content (AvgIpc) is 3.03. The second kappa shape index (κ2) is 5.06. The van der Waals surface area contributed by atoms with Gasteiger partial charge < -0.3 is 15.6 Å². The van der Waals surface area contributed by atoms with Crippen molar-refractivity contribution in [3.63, 3.8) is 0 Å². The molecule has 0 atom stereocenters. The predicted octanol–water partition coefficient (Wildman–Crippen LogP) is 0.970. The minimum absolute atomic E-state index is 0.104. The van der Waals surface area contributed by atoms with Gasteiger partial charge in [-0.3, -0.25) is 0 Å². The normalized spacial score (nSPS) is 15.4. The van der Waals surface area contributed by atoms with Gasteiger partial charge in [0.1, 0.15) is 9.90 Å². The van der Waals surface area contributed by atoms with Crippen molar-refractivity contribution in [2.24, 2.45) is 0 Å². The molecule has 0 spiro atoms. The first-order chi connectivity index (χ1) is 9.59. The van der Waals surface area contributed by atoms with Gasteiger partial charge in [0, 0.05) is 25.5 Å². The molecule has 0 bridgehead atoms. The Hall–Kier alpha value is -1.61. The monoisotopic (exact) mass is 313 g/mol. The van der Waals surface area contributed by atoms with Crippen LogP contribution < -0.4 is 11.1 Å². The van der Waals surface area contributed by atoms with E-state index in [4.69, 9.17) is 5.73 Å². The highest BCUT2D eigenvalue weighted by Gasteiger charge is 2.40. The Labute approximate surface area is 120 Å². The minimum Gasteiger partial charge on any atom is -0.382 e. The largest absolute Gasteiger partial charge is 0.382 e. The summed E-state index contributed by atoms with van der Waals surface area (Å²) in [5.74, 6) is 0.104. The van der Waals surface area contributed by atoms with E-state index in [-0.39, 0.29) is 16.0 Å². The molecule has 0 aliphatic heterocycles. The molecule has 2 aromatic heterocycles. The summed E-state index contributed by atoms with van der Waals surface area (Å²) >= 11 is 1.10. The van der Waals surface area contributed by atoms with Crippen LogP contribution >= 0.6 is 11.5 Å². The van der Waals surface area contributed by atoms with Crippen LogP contribution in [-0.2, 0) is 16.4 Å². The van der Waals surface area contributed by atoms with Crippen molar-refractivity contribution >= 4 is 32.2 Å². The zero-order chi connectivity index (χ0) is 14.2. The van der Waals surface area contributed by atoms with Gasteiger partial charge >= 0.3 is 0 Å². The maximum atomic E-state index is 12.3. The second-order valence-corrected chi connectivity index (χ2v) is 7.64. The molecule has 1 fully saturated rings. The minimum atomic E-state index is -3.33. The molecule has 0 unspecified atom stereocenters. The molecule has 0 saturated heterocycles. The molecule has 0 aromatic carbocycles. The summed E-state index contributed by atoms with van der Waals surface area (Å²) in [7, 11) is -3.33. The zero-order valence-corrected chi connectivity index (χ0v) is 12.3. The molecule has 3 N–H and O–H groups in total. The van der Waals surface area contributed by atoms with Gasteiger partial charge in [-0.25, -0.2) is 13.4 Å². The van der Waals surface area contributed by atoms with E-state index in [1.54, 1.807) is 12.5 Å². The molecule has 7 nitrogen and oxygen atoms in total. The molecule has 20 heavy (non-hydrogen) atoms. The fraction of sp³-hybridized carbons (Fsp3) is 0.455. The van der Waals surface area contributed by atoms with Gasteiger partial charge in [-0.1, -0.05) is 0 Å². The topological polar surface area (TPSA) is 103 Å². The van der Waals surface area contributed by atoms with Gasteiger partial charge in [0.2, 0.25) is 0 Å². The standard InChI is InChI=1S/C11H15N5O2S2/c12-10-9(20(17,18)8-1-2-8)11(19-15-10)14-4-6-16-5-3-13-7-16/h3,5,7-8,14H,1-2,4,6H2,(H2,12,15). The molecule has 0 radical (unpaired) electrons. The molecule has 1 aliphatic rings. The SMILES string of the molecule is Nc1nsc(NCCn2ccnc2)c1S(=O)(=O)C1CC1.